The number of nitrogens with one attached hydrogen (secondary N) is 2. The van der Waals surface area contributed by atoms with E-state index in [0.717, 1.165) is 24.0 Å². The molecule has 2 N–H and O–H groups in total. The van der Waals surface area contributed by atoms with Crippen LogP contribution in [0.3, 0.4) is 0 Å². The molecule has 1 fully saturated rings. The standard InChI is InChI=1S/C24H31N3O4S/c1-16(2)25-24(29)26-22-15-20(6-5-17(22)3)23(28)27-13-11-19(12-14-27)18-7-9-21(10-8-18)32(4,30)31/h5-10,15-16,19H,11-14H2,1-4H3,(H2,25,26,29). The number of piperidine rings is 1. The number of sulfone groups is 1. The first-order valence-corrected chi connectivity index (χ1v) is 12.7. The number of urea groups is 1. The van der Waals surface area contributed by atoms with Gasteiger partial charge in [0.25, 0.3) is 5.91 Å². The molecule has 0 radical (unpaired) electrons. The molecule has 7 nitrogen and oxygen atoms in total. The Morgan fingerprint density at radius 1 is 1.03 bits per heavy atom. The van der Waals surface area contributed by atoms with Gasteiger partial charge in [-0.05, 0) is 74.9 Å². The molecule has 1 saturated heterocycles. The van der Waals surface area contributed by atoms with Gasteiger partial charge in [0.05, 0.1) is 4.90 Å². The second-order valence-electron chi connectivity index (χ2n) is 8.69. The second-order valence-corrected chi connectivity index (χ2v) is 10.7. The van der Waals surface area contributed by atoms with Crippen molar-refractivity contribution in [3.63, 3.8) is 0 Å². The zero-order chi connectivity index (χ0) is 23.5. The Balaban J connectivity index is 1.64. The minimum atomic E-state index is -3.20. The lowest BCUT2D eigenvalue weighted by Crippen LogP contribution is -2.38. The van der Waals surface area contributed by atoms with E-state index in [2.05, 4.69) is 10.6 Å². The summed E-state index contributed by atoms with van der Waals surface area (Å²) in [4.78, 5) is 27.3. The van der Waals surface area contributed by atoms with Crippen LogP contribution in [0.25, 0.3) is 0 Å². The number of carbonyl (C=O) groups is 2. The Hall–Kier alpha value is -2.87. The normalized spacial score (nSPS) is 15.0. The highest BCUT2D eigenvalue weighted by Crippen LogP contribution is 2.30. The van der Waals surface area contributed by atoms with E-state index in [9.17, 15) is 18.0 Å². The lowest BCUT2D eigenvalue weighted by molar-refractivity contribution is 0.0713. The smallest absolute Gasteiger partial charge is 0.319 e. The summed E-state index contributed by atoms with van der Waals surface area (Å²) in [6.45, 7) is 6.91. The third kappa shape index (κ3) is 5.88. The summed E-state index contributed by atoms with van der Waals surface area (Å²) >= 11 is 0. The highest BCUT2D eigenvalue weighted by Gasteiger charge is 2.25. The van der Waals surface area contributed by atoms with E-state index in [-0.39, 0.29) is 18.0 Å². The van der Waals surface area contributed by atoms with Crippen molar-refractivity contribution in [3.05, 3.63) is 59.2 Å². The average Bonchev–Trinajstić information content (AvgIpc) is 2.74. The van der Waals surface area contributed by atoms with Crippen LogP contribution in [0.1, 0.15) is 54.1 Å². The summed E-state index contributed by atoms with van der Waals surface area (Å²) in [5.41, 5.74) is 3.15. The number of nitrogens with zero attached hydrogens (tertiary/aromatic N) is 1. The van der Waals surface area contributed by atoms with Gasteiger partial charge < -0.3 is 15.5 Å². The first kappa shape index (κ1) is 23.8. The molecule has 0 spiro atoms. The van der Waals surface area contributed by atoms with Crippen LogP contribution in [0.2, 0.25) is 0 Å². The Labute approximate surface area is 190 Å². The predicted octanol–water partition coefficient (Wildman–Crippen LogP) is 3.95. The van der Waals surface area contributed by atoms with Crippen molar-refractivity contribution >= 4 is 27.5 Å². The van der Waals surface area contributed by atoms with Crippen molar-refractivity contribution in [1.29, 1.82) is 0 Å². The van der Waals surface area contributed by atoms with Gasteiger partial charge in [-0.15, -0.1) is 0 Å². The Bertz CT molecular complexity index is 1090. The van der Waals surface area contributed by atoms with Gasteiger partial charge in [0.15, 0.2) is 9.84 Å². The Kier molecular flexibility index (Phi) is 7.23. The lowest BCUT2D eigenvalue weighted by Gasteiger charge is -2.32. The number of anilines is 1. The van der Waals surface area contributed by atoms with Crippen molar-refractivity contribution < 1.29 is 18.0 Å². The van der Waals surface area contributed by atoms with E-state index in [4.69, 9.17) is 0 Å². The van der Waals surface area contributed by atoms with Crippen molar-refractivity contribution in [1.82, 2.24) is 10.2 Å². The summed E-state index contributed by atoms with van der Waals surface area (Å²) in [7, 11) is -3.20. The molecule has 0 bridgehead atoms. The van der Waals surface area contributed by atoms with Gasteiger partial charge in [-0.1, -0.05) is 18.2 Å². The van der Waals surface area contributed by atoms with Crippen LogP contribution >= 0.6 is 0 Å². The fourth-order valence-electron chi connectivity index (χ4n) is 3.90. The summed E-state index contributed by atoms with van der Waals surface area (Å²) in [6, 6.07) is 12.1. The molecular formula is C24H31N3O4S. The fraction of sp³-hybridized carbons (Fsp3) is 0.417. The number of rotatable bonds is 5. The summed E-state index contributed by atoms with van der Waals surface area (Å²) < 4.78 is 23.3. The molecule has 0 atom stereocenters. The lowest BCUT2D eigenvalue weighted by atomic mass is 9.89. The van der Waals surface area contributed by atoms with E-state index in [1.54, 1.807) is 24.3 Å². The number of benzene rings is 2. The maximum Gasteiger partial charge on any atom is 0.319 e. The van der Waals surface area contributed by atoms with Crippen LogP contribution in [-0.4, -0.2) is 50.6 Å². The molecule has 172 valence electrons. The van der Waals surface area contributed by atoms with Crippen LogP contribution in [0.4, 0.5) is 10.5 Å². The summed E-state index contributed by atoms with van der Waals surface area (Å²) in [6.07, 6.45) is 2.84. The van der Waals surface area contributed by atoms with Crippen molar-refractivity contribution in [3.8, 4) is 0 Å². The van der Waals surface area contributed by atoms with Gasteiger partial charge >= 0.3 is 6.03 Å². The van der Waals surface area contributed by atoms with Crippen LogP contribution in [-0.2, 0) is 9.84 Å². The molecule has 2 aromatic carbocycles. The largest absolute Gasteiger partial charge is 0.339 e. The number of aryl methyl sites for hydroxylation is 1. The van der Waals surface area contributed by atoms with Crippen LogP contribution in [0.5, 0.6) is 0 Å². The monoisotopic (exact) mass is 457 g/mol. The third-order valence-electron chi connectivity index (χ3n) is 5.71. The van der Waals surface area contributed by atoms with Gasteiger partial charge in [0.2, 0.25) is 0 Å². The predicted molar refractivity (Wildman–Crippen MR) is 126 cm³/mol. The molecule has 0 unspecified atom stereocenters. The molecule has 1 aliphatic rings. The minimum absolute atomic E-state index is 0.0176. The van der Waals surface area contributed by atoms with E-state index in [1.807, 2.05) is 43.9 Å². The number of likely N-dealkylation sites (tertiary alicyclic amines) is 1. The molecule has 1 aliphatic heterocycles. The fourth-order valence-corrected chi connectivity index (χ4v) is 4.53. The molecule has 32 heavy (non-hydrogen) atoms. The third-order valence-corrected chi connectivity index (χ3v) is 6.84. The molecule has 3 amide bonds. The van der Waals surface area contributed by atoms with Gasteiger partial charge in [0, 0.05) is 36.6 Å². The number of carbonyl (C=O) groups excluding carboxylic acids is 2. The average molecular weight is 458 g/mol. The maximum absolute atomic E-state index is 13.1. The SMILES string of the molecule is Cc1ccc(C(=O)N2CCC(c3ccc(S(C)(=O)=O)cc3)CC2)cc1NC(=O)NC(C)C. The minimum Gasteiger partial charge on any atom is -0.339 e. The molecule has 2 aromatic rings. The zero-order valence-corrected chi connectivity index (χ0v) is 19.8. The molecule has 0 aromatic heterocycles. The highest BCUT2D eigenvalue weighted by atomic mass is 32.2. The zero-order valence-electron chi connectivity index (χ0n) is 19.0. The Morgan fingerprint density at radius 3 is 2.22 bits per heavy atom. The quantitative estimate of drug-likeness (QED) is 0.711. The van der Waals surface area contributed by atoms with Crippen LogP contribution in [0.15, 0.2) is 47.4 Å². The number of hydrogen-bond acceptors (Lipinski definition) is 4. The molecule has 1 heterocycles. The number of hydrogen-bond donors (Lipinski definition) is 2. The first-order valence-electron chi connectivity index (χ1n) is 10.8. The van der Waals surface area contributed by atoms with Gasteiger partial charge in [-0.2, -0.15) is 0 Å². The number of amides is 3. The van der Waals surface area contributed by atoms with Crippen molar-refractivity contribution in [2.24, 2.45) is 0 Å². The van der Waals surface area contributed by atoms with E-state index >= 15 is 0 Å². The molecule has 8 heteroatoms. The Morgan fingerprint density at radius 2 is 1.66 bits per heavy atom. The van der Waals surface area contributed by atoms with Crippen LogP contribution < -0.4 is 10.6 Å². The summed E-state index contributed by atoms with van der Waals surface area (Å²) in [5.74, 6) is 0.242. The van der Waals surface area contributed by atoms with Gasteiger partial charge in [-0.25, -0.2) is 13.2 Å². The van der Waals surface area contributed by atoms with Gasteiger partial charge in [0.1, 0.15) is 0 Å². The molecule has 3 rings (SSSR count). The second kappa shape index (κ2) is 9.73. The van der Waals surface area contributed by atoms with E-state index in [1.165, 1.54) is 6.26 Å². The molecule has 0 aliphatic carbocycles. The highest BCUT2D eigenvalue weighted by molar-refractivity contribution is 7.90. The van der Waals surface area contributed by atoms with Crippen molar-refractivity contribution in [2.75, 3.05) is 24.7 Å². The molecule has 0 saturated carbocycles. The maximum atomic E-state index is 13.1. The van der Waals surface area contributed by atoms with Crippen LogP contribution in [0, 0.1) is 6.92 Å². The van der Waals surface area contributed by atoms with Crippen molar-refractivity contribution in [2.45, 2.75) is 50.5 Å². The summed E-state index contributed by atoms with van der Waals surface area (Å²) in [5, 5.41) is 5.60. The van der Waals surface area contributed by atoms with Gasteiger partial charge in [-0.3, -0.25) is 4.79 Å². The first-order chi connectivity index (χ1) is 15.0. The molecular weight excluding hydrogens is 426 g/mol. The van der Waals surface area contributed by atoms with E-state index in [0.29, 0.717) is 35.2 Å². The van der Waals surface area contributed by atoms with E-state index < -0.39 is 9.84 Å². The topological polar surface area (TPSA) is 95.6 Å².